The molecule has 0 radical (unpaired) electrons. The van der Waals surface area contributed by atoms with E-state index >= 15 is 0 Å². The molecule has 1 aromatic carbocycles. The Morgan fingerprint density at radius 1 is 1.35 bits per heavy atom. The van der Waals surface area contributed by atoms with E-state index in [0.29, 0.717) is 17.5 Å². The van der Waals surface area contributed by atoms with Gasteiger partial charge in [-0.05, 0) is 31.2 Å². The molecule has 2 atom stereocenters. The van der Waals surface area contributed by atoms with Crippen LogP contribution in [0.1, 0.15) is 37.8 Å². The maximum absolute atomic E-state index is 12.4. The average molecular weight is 290 g/mol. The van der Waals surface area contributed by atoms with Gasteiger partial charge in [-0.2, -0.15) is 0 Å². The molecule has 1 heterocycles. The highest BCUT2D eigenvalue weighted by atomic mass is 32.1. The third-order valence-electron chi connectivity index (χ3n) is 4.05. The molecular formula is C16H22N2OS. The zero-order chi connectivity index (χ0) is 14.7. The predicted molar refractivity (Wildman–Crippen MR) is 85.6 cm³/mol. The lowest BCUT2D eigenvalue weighted by Crippen LogP contribution is -2.44. The van der Waals surface area contributed by atoms with Crippen molar-refractivity contribution in [2.75, 3.05) is 6.54 Å². The molecule has 0 bridgehead atoms. The van der Waals surface area contributed by atoms with E-state index < -0.39 is 0 Å². The van der Waals surface area contributed by atoms with Crippen molar-refractivity contribution in [3.63, 3.8) is 0 Å². The zero-order valence-corrected chi connectivity index (χ0v) is 13.0. The summed E-state index contributed by atoms with van der Waals surface area (Å²) in [6.45, 7) is 5.28. The van der Waals surface area contributed by atoms with Gasteiger partial charge in [0.25, 0.3) is 0 Å². The number of nitrogens with zero attached hydrogens (tertiary/aromatic N) is 1. The monoisotopic (exact) mass is 290 g/mol. The molecule has 0 aromatic heterocycles. The fourth-order valence-corrected chi connectivity index (χ4v) is 2.98. The Kier molecular flexibility index (Phi) is 4.76. The van der Waals surface area contributed by atoms with Crippen molar-refractivity contribution < 1.29 is 4.79 Å². The van der Waals surface area contributed by atoms with Gasteiger partial charge in [-0.1, -0.05) is 43.4 Å². The van der Waals surface area contributed by atoms with Gasteiger partial charge in [0.2, 0.25) is 5.91 Å². The van der Waals surface area contributed by atoms with Gasteiger partial charge in [0.05, 0.1) is 6.42 Å². The van der Waals surface area contributed by atoms with E-state index in [1.165, 1.54) is 0 Å². The number of thiocarbonyl (C=S) groups is 1. The third-order valence-corrected chi connectivity index (χ3v) is 4.29. The van der Waals surface area contributed by atoms with E-state index in [9.17, 15) is 4.79 Å². The zero-order valence-electron chi connectivity index (χ0n) is 12.1. The van der Waals surface area contributed by atoms with Crippen molar-refractivity contribution in [3.8, 4) is 0 Å². The Hall–Kier alpha value is -1.42. The fraction of sp³-hybridized carbons (Fsp3) is 0.500. The Morgan fingerprint density at radius 2 is 2.00 bits per heavy atom. The highest BCUT2D eigenvalue weighted by Gasteiger charge is 2.26. The van der Waals surface area contributed by atoms with Crippen LogP contribution in [0.2, 0.25) is 0 Å². The van der Waals surface area contributed by atoms with Crippen LogP contribution in [0.25, 0.3) is 0 Å². The first-order chi connectivity index (χ1) is 9.47. The van der Waals surface area contributed by atoms with Crippen molar-refractivity contribution in [2.45, 2.75) is 39.2 Å². The summed E-state index contributed by atoms with van der Waals surface area (Å²) in [6, 6.07) is 7.98. The van der Waals surface area contributed by atoms with Crippen molar-refractivity contribution in [1.29, 1.82) is 0 Å². The number of carbonyl (C=O) groups excluding carboxylic acids is 1. The lowest BCUT2D eigenvalue weighted by molar-refractivity contribution is -0.134. The van der Waals surface area contributed by atoms with E-state index in [1.807, 2.05) is 29.2 Å². The fourth-order valence-electron chi connectivity index (χ4n) is 2.84. The van der Waals surface area contributed by atoms with E-state index in [2.05, 4.69) is 13.8 Å². The Labute approximate surface area is 126 Å². The third kappa shape index (κ3) is 3.57. The molecule has 20 heavy (non-hydrogen) atoms. The van der Waals surface area contributed by atoms with Crippen LogP contribution in [0.15, 0.2) is 24.3 Å². The molecule has 2 rings (SSSR count). The number of carbonyl (C=O) groups is 1. The van der Waals surface area contributed by atoms with Gasteiger partial charge in [0.1, 0.15) is 4.99 Å². The standard InChI is InChI=1S/C16H22N2OS/c1-11-7-8-18(12(2)9-11)15(19)10-13-3-5-14(6-4-13)16(17)20/h3-6,11-12H,7-10H2,1-2H3,(H2,17,20). The summed E-state index contributed by atoms with van der Waals surface area (Å²) in [5, 5.41) is 0. The lowest BCUT2D eigenvalue weighted by Gasteiger charge is -2.36. The first kappa shape index (κ1) is 15.0. The number of hydrogen-bond acceptors (Lipinski definition) is 2. The van der Waals surface area contributed by atoms with Gasteiger partial charge >= 0.3 is 0 Å². The van der Waals surface area contributed by atoms with Crippen molar-refractivity contribution >= 4 is 23.1 Å². The molecule has 0 aliphatic carbocycles. The molecule has 0 saturated carbocycles. The van der Waals surface area contributed by atoms with Gasteiger partial charge in [0, 0.05) is 18.2 Å². The Bertz CT molecular complexity index is 498. The molecule has 108 valence electrons. The average Bonchev–Trinajstić information content (AvgIpc) is 2.39. The van der Waals surface area contributed by atoms with Crippen LogP contribution >= 0.6 is 12.2 Å². The molecule has 1 fully saturated rings. The highest BCUT2D eigenvalue weighted by Crippen LogP contribution is 2.22. The number of benzene rings is 1. The number of amides is 1. The SMILES string of the molecule is CC1CCN(C(=O)Cc2ccc(C(N)=S)cc2)C(C)C1. The quantitative estimate of drug-likeness (QED) is 0.870. The van der Waals surface area contributed by atoms with Crippen molar-refractivity contribution in [2.24, 2.45) is 11.7 Å². The minimum atomic E-state index is 0.215. The Morgan fingerprint density at radius 3 is 2.55 bits per heavy atom. The second-order valence-corrected chi connectivity index (χ2v) is 6.24. The number of rotatable bonds is 3. The smallest absolute Gasteiger partial charge is 0.227 e. The molecule has 4 heteroatoms. The number of nitrogens with two attached hydrogens (primary N) is 1. The van der Waals surface area contributed by atoms with E-state index in [-0.39, 0.29) is 5.91 Å². The van der Waals surface area contributed by atoms with E-state index in [1.54, 1.807) is 0 Å². The lowest BCUT2D eigenvalue weighted by atomic mass is 9.93. The first-order valence-electron chi connectivity index (χ1n) is 7.15. The molecule has 2 N–H and O–H groups in total. The van der Waals surface area contributed by atoms with E-state index in [0.717, 1.165) is 36.4 Å². The molecule has 2 unspecified atom stereocenters. The maximum atomic E-state index is 12.4. The minimum Gasteiger partial charge on any atom is -0.389 e. The van der Waals surface area contributed by atoms with Crippen LogP contribution < -0.4 is 5.73 Å². The second-order valence-electron chi connectivity index (χ2n) is 5.80. The summed E-state index contributed by atoms with van der Waals surface area (Å²) >= 11 is 4.92. The van der Waals surface area contributed by atoms with Crippen LogP contribution in [0.5, 0.6) is 0 Å². The summed E-state index contributed by atoms with van der Waals surface area (Å²) in [6.07, 6.45) is 2.67. The molecular weight excluding hydrogens is 268 g/mol. The van der Waals surface area contributed by atoms with Gasteiger partial charge in [0.15, 0.2) is 0 Å². The predicted octanol–water partition coefficient (Wildman–Crippen LogP) is 2.51. The molecule has 1 aromatic rings. The topological polar surface area (TPSA) is 46.3 Å². The van der Waals surface area contributed by atoms with Gasteiger partial charge in [-0.15, -0.1) is 0 Å². The molecule has 3 nitrogen and oxygen atoms in total. The van der Waals surface area contributed by atoms with Crippen LogP contribution in [0.4, 0.5) is 0 Å². The van der Waals surface area contributed by atoms with Gasteiger partial charge in [-0.3, -0.25) is 4.79 Å². The number of likely N-dealkylation sites (tertiary alicyclic amines) is 1. The Balaban J connectivity index is 1.99. The van der Waals surface area contributed by atoms with Crippen LogP contribution in [-0.4, -0.2) is 28.4 Å². The summed E-state index contributed by atoms with van der Waals surface area (Å²) < 4.78 is 0. The largest absolute Gasteiger partial charge is 0.389 e. The normalized spacial score (nSPS) is 22.6. The van der Waals surface area contributed by atoms with Crippen molar-refractivity contribution in [1.82, 2.24) is 4.90 Å². The summed E-state index contributed by atoms with van der Waals surface area (Å²) in [5.74, 6) is 0.936. The van der Waals surface area contributed by atoms with Crippen LogP contribution in [-0.2, 0) is 11.2 Å². The number of piperidine rings is 1. The summed E-state index contributed by atoms with van der Waals surface area (Å²) in [7, 11) is 0. The molecule has 1 aliphatic heterocycles. The molecule has 1 amide bonds. The molecule has 1 aliphatic rings. The minimum absolute atomic E-state index is 0.215. The summed E-state index contributed by atoms with van der Waals surface area (Å²) in [5.41, 5.74) is 7.43. The molecule has 0 spiro atoms. The maximum Gasteiger partial charge on any atom is 0.227 e. The second kappa shape index (κ2) is 6.35. The van der Waals surface area contributed by atoms with Gasteiger partial charge < -0.3 is 10.6 Å². The van der Waals surface area contributed by atoms with Crippen LogP contribution in [0, 0.1) is 5.92 Å². The first-order valence-corrected chi connectivity index (χ1v) is 7.56. The van der Waals surface area contributed by atoms with Crippen molar-refractivity contribution in [3.05, 3.63) is 35.4 Å². The van der Waals surface area contributed by atoms with Crippen LogP contribution in [0.3, 0.4) is 0 Å². The number of hydrogen-bond donors (Lipinski definition) is 1. The molecule has 1 saturated heterocycles. The van der Waals surface area contributed by atoms with Gasteiger partial charge in [-0.25, -0.2) is 0 Å². The summed E-state index contributed by atoms with van der Waals surface area (Å²) in [4.78, 5) is 14.8. The highest BCUT2D eigenvalue weighted by molar-refractivity contribution is 7.80. The van der Waals surface area contributed by atoms with E-state index in [4.69, 9.17) is 18.0 Å².